The monoisotopic (exact) mass is 394 g/mol. The zero-order valence-corrected chi connectivity index (χ0v) is 15.7. The van der Waals surface area contributed by atoms with Gasteiger partial charge in [0.25, 0.3) is 5.91 Å². The Bertz CT molecular complexity index is 977. The molecule has 3 rings (SSSR count). The van der Waals surface area contributed by atoms with Gasteiger partial charge in [-0.3, -0.25) is 9.10 Å². The van der Waals surface area contributed by atoms with E-state index in [0.717, 1.165) is 17.7 Å². The topological polar surface area (TPSA) is 66.5 Å². The third-order valence-corrected chi connectivity index (χ3v) is 6.36. The van der Waals surface area contributed by atoms with Crippen LogP contribution in [0, 0.1) is 11.6 Å². The largest absolute Gasteiger partial charge is 0.322 e. The molecule has 2 aromatic carbocycles. The molecule has 0 saturated heterocycles. The molecule has 1 heterocycles. The summed E-state index contributed by atoms with van der Waals surface area (Å²) in [6, 6.07) is 7.68. The average Bonchev–Trinajstić information content (AvgIpc) is 2.60. The summed E-state index contributed by atoms with van der Waals surface area (Å²) in [6.07, 6.45) is 1.90. The Morgan fingerprint density at radius 1 is 1.19 bits per heavy atom. The normalized spacial score (nSPS) is 14.0. The van der Waals surface area contributed by atoms with Crippen molar-refractivity contribution < 1.29 is 22.0 Å². The molecule has 0 unspecified atom stereocenters. The molecule has 0 fully saturated rings. The number of benzene rings is 2. The van der Waals surface area contributed by atoms with Crippen molar-refractivity contribution in [1.29, 1.82) is 0 Å². The number of fused-ring (bicyclic) bond motifs is 1. The molecule has 0 spiro atoms. The second-order valence-electron chi connectivity index (χ2n) is 6.41. The maximum absolute atomic E-state index is 13.8. The van der Waals surface area contributed by atoms with Crippen molar-refractivity contribution in [3.63, 3.8) is 0 Å². The summed E-state index contributed by atoms with van der Waals surface area (Å²) < 4.78 is 53.1. The summed E-state index contributed by atoms with van der Waals surface area (Å²) in [7, 11) is -3.37. The molecule has 144 valence electrons. The molecule has 0 aromatic heterocycles. The van der Waals surface area contributed by atoms with E-state index < -0.39 is 27.6 Å². The molecule has 0 saturated carbocycles. The lowest BCUT2D eigenvalue weighted by Crippen LogP contribution is -2.37. The van der Waals surface area contributed by atoms with Crippen molar-refractivity contribution in [1.82, 2.24) is 0 Å². The molecule has 1 N–H and O–H groups in total. The molecular weight excluding hydrogens is 374 g/mol. The maximum Gasteiger partial charge on any atom is 0.258 e. The van der Waals surface area contributed by atoms with E-state index in [-0.39, 0.29) is 11.3 Å². The van der Waals surface area contributed by atoms with Gasteiger partial charge in [-0.1, -0.05) is 6.92 Å². The molecule has 27 heavy (non-hydrogen) atoms. The van der Waals surface area contributed by atoms with Crippen LogP contribution >= 0.6 is 0 Å². The lowest BCUT2D eigenvalue weighted by atomic mass is 10.0. The smallest absolute Gasteiger partial charge is 0.258 e. The summed E-state index contributed by atoms with van der Waals surface area (Å²) in [4.78, 5) is 12.2. The third-order valence-electron chi connectivity index (χ3n) is 4.39. The molecule has 0 aliphatic carbocycles. The van der Waals surface area contributed by atoms with Crippen LogP contribution in [0.1, 0.15) is 35.7 Å². The van der Waals surface area contributed by atoms with Crippen molar-refractivity contribution in [2.45, 2.75) is 26.2 Å². The number of nitrogens with one attached hydrogen (secondary N) is 1. The molecule has 8 heteroatoms. The SMILES string of the molecule is CCCS(=O)(=O)N1CCCc2cc(NC(=O)c3ccc(F)cc3F)ccc21. The molecule has 0 radical (unpaired) electrons. The lowest BCUT2D eigenvalue weighted by Gasteiger charge is -2.30. The van der Waals surface area contributed by atoms with Crippen LogP contribution in [0.4, 0.5) is 20.2 Å². The molecular formula is C19H20F2N2O3S. The van der Waals surface area contributed by atoms with E-state index in [0.29, 0.717) is 43.2 Å². The standard InChI is InChI=1S/C19H20F2N2O3S/c1-2-10-27(25,26)23-9-3-4-13-11-15(6-8-18(13)23)22-19(24)16-7-5-14(20)12-17(16)21/h5-8,11-12H,2-4,9-10H2,1H3,(H,22,24). The molecule has 0 atom stereocenters. The van der Waals surface area contributed by atoms with Gasteiger partial charge in [0.05, 0.1) is 17.0 Å². The first-order valence-corrected chi connectivity index (χ1v) is 10.3. The van der Waals surface area contributed by atoms with Crippen LogP contribution in [0.5, 0.6) is 0 Å². The van der Waals surface area contributed by atoms with Crippen molar-refractivity contribution in [2.75, 3.05) is 21.9 Å². The fourth-order valence-electron chi connectivity index (χ4n) is 3.17. The highest BCUT2D eigenvalue weighted by Gasteiger charge is 2.27. The Morgan fingerprint density at radius 2 is 1.96 bits per heavy atom. The lowest BCUT2D eigenvalue weighted by molar-refractivity contribution is 0.102. The Morgan fingerprint density at radius 3 is 2.67 bits per heavy atom. The van der Waals surface area contributed by atoms with Gasteiger partial charge >= 0.3 is 0 Å². The molecule has 0 bridgehead atoms. The minimum Gasteiger partial charge on any atom is -0.322 e. The number of aryl methyl sites for hydroxylation is 1. The van der Waals surface area contributed by atoms with E-state index in [9.17, 15) is 22.0 Å². The Hall–Kier alpha value is -2.48. The highest BCUT2D eigenvalue weighted by molar-refractivity contribution is 7.92. The van der Waals surface area contributed by atoms with E-state index in [1.165, 1.54) is 4.31 Å². The highest BCUT2D eigenvalue weighted by Crippen LogP contribution is 2.32. The number of rotatable bonds is 5. The number of sulfonamides is 1. The second kappa shape index (κ2) is 7.64. The van der Waals surface area contributed by atoms with Gasteiger partial charge in [0, 0.05) is 18.3 Å². The minimum atomic E-state index is -3.37. The first kappa shape index (κ1) is 19.3. The average molecular weight is 394 g/mol. The molecule has 5 nitrogen and oxygen atoms in total. The number of carbonyl (C=O) groups is 1. The van der Waals surface area contributed by atoms with Gasteiger partial charge in [-0.25, -0.2) is 17.2 Å². The summed E-state index contributed by atoms with van der Waals surface area (Å²) in [6.45, 7) is 2.25. The number of carbonyl (C=O) groups excluding carboxylic acids is 1. The number of hydrogen-bond acceptors (Lipinski definition) is 3. The van der Waals surface area contributed by atoms with Gasteiger partial charge in [-0.15, -0.1) is 0 Å². The van der Waals surface area contributed by atoms with Crippen molar-refractivity contribution in [3.05, 3.63) is 59.2 Å². The molecule has 1 aliphatic heterocycles. The first-order valence-electron chi connectivity index (χ1n) is 8.71. The summed E-state index contributed by atoms with van der Waals surface area (Å²) in [5.41, 5.74) is 1.58. The summed E-state index contributed by atoms with van der Waals surface area (Å²) in [5.74, 6) is -2.32. The van der Waals surface area contributed by atoms with E-state index in [2.05, 4.69) is 5.32 Å². The van der Waals surface area contributed by atoms with Crippen LogP contribution in [0.15, 0.2) is 36.4 Å². The molecule has 1 amide bonds. The Labute approximate surface area is 157 Å². The zero-order valence-electron chi connectivity index (χ0n) is 14.8. The van der Waals surface area contributed by atoms with E-state index in [4.69, 9.17) is 0 Å². The number of halogens is 2. The third kappa shape index (κ3) is 4.10. The fraction of sp³-hybridized carbons (Fsp3) is 0.316. The van der Waals surface area contributed by atoms with E-state index in [1.54, 1.807) is 18.2 Å². The van der Waals surface area contributed by atoms with Gasteiger partial charge in [-0.05, 0) is 55.2 Å². The summed E-state index contributed by atoms with van der Waals surface area (Å²) in [5, 5.41) is 2.58. The Balaban J connectivity index is 1.85. The van der Waals surface area contributed by atoms with Crippen molar-refractivity contribution in [2.24, 2.45) is 0 Å². The first-order chi connectivity index (χ1) is 12.8. The van der Waals surface area contributed by atoms with Crippen LogP contribution in [-0.2, 0) is 16.4 Å². The number of nitrogens with zero attached hydrogens (tertiary/aromatic N) is 1. The second-order valence-corrected chi connectivity index (χ2v) is 8.43. The van der Waals surface area contributed by atoms with Gasteiger partial charge < -0.3 is 5.32 Å². The van der Waals surface area contributed by atoms with Crippen LogP contribution in [0.25, 0.3) is 0 Å². The van der Waals surface area contributed by atoms with Crippen LogP contribution in [-0.4, -0.2) is 26.6 Å². The van der Waals surface area contributed by atoms with Gasteiger partial charge in [0.1, 0.15) is 11.6 Å². The van der Waals surface area contributed by atoms with Crippen molar-refractivity contribution >= 4 is 27.3 Å². The van der Waals surface area contributed by atoms with Crippen LogP contribution < -0.4 is 9.62 Å². The van der Waals surface area contributed by atoms with Gasteiger partial charge in [0.15, 0.2) is 0 Å². The van der Waals surface area contributed by atoms with Gasteiger partial charge in [-0.2, -0.15) is 0 Å². The zero-order chi connectivity index (χ0) is 19.6. The predicted octanol–water partition coefficient (Wildman–Crippen LogP) is 3.71. The van der Waals surface area contributed by atoms with Crippen LogP contribution in [0.3, 0.4) is 0 Å². The minimum absolute atomic E-state index is 0.0781. The van der Waals surface area contributed by atoms with Gasteiger partial charge in [0.2, 0.25) is 10.0 Å². The molecule has 2 aromatic rings. The fourth-order valence-corrected chi connectivity index (χ4v) is 4.79. The number of hydrogen-bond donors (Lipinski definition) is 1. The summed E-state index contributed by atoms with van der Waals surface area (Å²) >= 11 is 0. The van der Waals surface area contributed by atoms with Crippen molar-refractivity contribution in [3.8, 4) is 0 Å². The highest BCUT2D eigenvalue weighted by atomic mass is 32.2. The predicted molar refractivity (Wildman–Crippen MR) is 100 cm³/mol. The maximum atomic E-state index is 13.8. The van der Waals surface area contributed by atoms with Crippen LogP contribution in [0.2, 0.25) is 0 Å². The molecule has 1 aliphatic rings. The van der Waals surface area contributed by atoms with E-state index >= 15 is 0 Å². The van der Waals surface area contributed by atoms with E-state index in [1.807, 2.05) is 6.92 Å². The number of anilines is 2. The Kier molecular flexibility index (Phi) is 5.46. The quantitative estimate of drug-likeness (QED) is 0.841. The number of amides is 1.